The van der Waals surface area contributed by atoms with Crippen molar-refractivity contribution in [2.45, 2.75) is 52.0 Å². The molecular weight excluding hydrogens is 290 g/mol. The molecule has 0 aliphatic heterocycles. The van der Waals surface area contributed by atoms with Crippen molar-refractivity contribution >= 4 is 10.0 Å². The molecule has 8 heteroatoms. The Morgan fingerprint density at radius 3 is 2.43 bits per heavy atom. The first-order valence-corrected chi connectivity index (χ1v) is 9.08. The average molecular weight is 317 g/mol. The fourth-order valence-corrected chi connectivity index (χ4v) is 3.62. The molecule has 122 valence electrons. The van der Waals surface area contributed by atoms with Gasteiger partial charge in [0.05, 0.1) is 6.26 Å². The molecule has 21 heavy (non-hydrogen) atoms. The summed E-state index contributed by atoms with van der Waals surface area (Å²) in [5, 5.41) is 11.5. The summed E-state index contributed by atoms with van der Waals surface area (Å²) in [6.45, 7) is 6.06. The molecule has 0 saturated heterocycles. The van der Waals surface area contributed by atoms with E-state index >= 15 is 0 Å². The summed E-state index contributed by atoms with van der Waals surface area (Å²) in [7, 11) is 0.263. The molecule has 0 aromatic carbocycles. The maximum absolute atomic E-state index is 11.8. The lowest BCUT2D eigenvalue weighted by Gasteiger charge is -2.36. The van der Waals surface area contributed by atoms with Gasteiger partial charge in [-0.25, -0.2) is 13.1 Å². The van der Waals surface area contributed by atoms with Crippen molar-refractivity contribution in [3.05, 3.63) is 5.82 Å². The van der Waals surface area contributed by atoms with Gasteiger partial charge in [0.2, 0.25) is 10.0 Å². The van der Waals surface area contributed by atoms with Crippen LogP contribution in [0.15, 0.2) is 0 Å². The highest BCUT2D eigenvalue weighted by atomic mass is 32.2. The predicted octanol–water partition coefficient (Wildman–Crippen LogP) is 1.23. The Kier molecular flexibility index (Phi) is 5.86. The van der Waals surface area contributed by atoms with Gasteiger partial charge in [-0.2, -0.15) is 4.31 Å². The zero-order valence-electron chi connectivity index (χ0n) is 13.9. The molecule has 7 nitrogen and oxygen atoms in total. The molecule has 0 bridgehead atoms. The van der Waals surface area contributed by atoms with Gasteiger partial charge in [0, 0.05) is 26.1 Å². The van der Waals surface area contributed by atoms with E-state index in [1.807, 2.05) is 20.9 Å². The molecule has 1 atom stereocenters. The van der Waals surface area contributed by atoms with Crippen molar-refractivity contribution in [1.82, 2.24) is 24.5 Å². The maximum atomic E-state index is 11.8. The summed E-state index contributed by atoms with van der Waals surface area (Å²) < 4.78 is 26.7. The van der Waals surface area contributed by atoms with E-state index in [0.717, 1.165) is 31.5 Å². The molecule has 0 saturated carbocycles. The minimum absolute atomic E-state index is 0.346. The number of nitrogens with zero attached hydrogens (tertiary/aromatic N) is 5. The van der Waals surface area contributed by atoms with Gasteiger partial charge in [-0.15, -0.1) is 5.10 Å². The Hall–Kier alpha value is -1.02. The Morgan fingerprint density at radius 2 is 2.00 bits per heavy atom. The van der Waals surface area contributed by atoms with Crippen molar-refractivity contribution in [2.75, 3.05) is 13.3 Å². The summed E-state index contributed by atoms with van der Waals surface area (Å²) in [4.78, 5) is 0. The standard InChI is InChI=1S/C13H27N5O2S/c1-7-8-11(9-12-14-15-16-17(12)4)10-13(2,3)18(5)21(6,19)20/h11H,7-10H2,1-6H3. The SMILES string of the molecule is CCCC(Cc1nnnn1C)CC(C)(C)N(C)S(C)(=O)=O. The summed E-state index contributed by atoms with van der Waals surface area (Å²) in [5.74, 6) is 1.19. The highest BCUT2D eigenvalue weighted by molar-refractivity contribution is 7.88. The van der Waals surface area contributed by atoms with E-state index in [0.29, 0.717) is 5.92 Å². The van der Waals surface area contributed by atoms with Crippen LogP contribution in [-0.4, -0.2) is 51.8 Å². The zero-order valence-corrected chi connectivity index (χ0v) is 14.7. The Morgan fingerprint density at radius 1 is 1.38 bits per heavy atom. The zero-order chi connectivity index (χ0) is 16.3. The number of sulfonamides is 1. The van der Waals surface area contributed by atoms with Crippen LogP contribution in [0.4, 0.5) is 0 Å². The minimum atomic E-state index is -3.20. The summed E-state index contributed by atoms with van der Waals surface area (Å²) in [5.41, 5.74) is -0.431. The van der Waals surface area contributed by atoms with E-state index in [-0.39, 0.29) is 0 Å². The van der Waals surface area contributed by atoms with E-state index in [1.165, 1.54) is 10.6 Å². The van der Waals surface area contributed by atoms with Crippen molar-refractivity contribution in [1.29, 1.82) is 0 Å². The number of hydrogen-bond acceptors (Lipinski definition) is 5. The van der Waals surface area contributed by atoms with Gasteiger partial charge in [-0.05, 0) is 36.6 Å². The molecule has 0 fully saturated rings. The fraction of sp³-hybridized carbons (Fsp3) is 0.923. The molecule has 1 aromatic heterocycles. The second-order valence-corrected chi connectivity index (χ2v) is 8.34. The second-order valence-electron chi connectivity index (χ2n) is 6.32. The summed E-state index contributed by atoms with van der Waals surface area (Å²) >= 11 is 0. The van der Waals surface area contributed by atoms with Crippen LogP contribution in [-0.2, 0) is 23.5 Å². The van der Waals surface area contributed by atoms with Gasteiger partial charge >= 0.3 is 0 Å². The lowest BCUT2D eigenvalue weighted by molar-refractivity contribution is 0.203. The number of aryl methyl sites for hydroxylation is 1. The largest absolute Gasteiger partial charge is 0.233 e. The van der Waals surface area contributed by atoms with Crippen molar-refractivity contribution in [3.63, 3.8) is 0 Å². The van der Waals surface area contributed by atoms with Crippen LogP contribution in [0, 0.1) is 5.92 Å². The van der Waals surface area contributed by atoms with E-state index < -0.39 is 15.6 Å². The number of hydrogen-bond donors (Lipinski definition) is 0. The number of rotatable bonds is 8. The predicted molar refractivity (Wildman–Crippen MR) is 82.2 cm³/mol. The van der Waals surface area contributed by atoms with Gasteiger partial charge < -0.3 is 0 Å². The highest BCUT2D eigenvalue weighted by Gasteiger charge is 2.33. The topological polar surface area (TPSA) is 81.0 Å². The van der Waals surface area contributed by atoms with Crippen LogP contribution in [0.5, 0.6) is 0 Å². The Labute approximate surface area is 127 Å². The number of aromatic nitrogens is 4. The third-order valence-corrected chi connectivity index (χ3v) is 5.50. The van der Waals surface area contributed by atoms with Gasteiger partial charge in [-0.1, -0.05) is 19.8 Å². The quantitative estimate of drug-likeness (QED) is 0.720. The smallest absolute Gasteiger partial charge is 0.211 e. The van der Waals surface area contributed by atoms with E-state index in [9.17, 15) is 8.42 Å². The van der Waals surface area contributed by atoms with E-state index in [1.54, 1.807) is 11.7 Å². The lowest BCUT2D eigenvalue weighted by Crippen LogP contribution is -2.45. The fourth-order valence-electron chi connectivity index (χ4n) is 2.65. The van der Waals surface area contributed by atoms with Gasteiger partial charge in [0.25, 0.3) is 0 Å². The second kappa shape index (κ2) is 6.83. The molecule has 1 unspecified atom stereocenters. The normalized spacial score (nSPS) is 14.6. The monoisotopic (exact) mass is 317 g/mol. The van der Waals surface area contributed by atoms with Crippen LogP contribution in [0.3, 0.4) is 0 Å². The van der Waals surface area contributed by atoms with Gasteiger partial charge in [-0.3, -0.25) is 0 Å². The molecule has 0 aliphatic rings. The maximum Gasteiger partial charge on any atom is 0.211 e. The van der Waals surface area contributed by atoms with Crippen molar-refractivity contribution < 1.29 is 8.42 Å². The average Bonchev–Trinajstić information content (AvgIpc) is 2.72. The van der Waals surface area contributed by atoms with Crippen LogP contribution in [0.25, 0.3) is 0 Å². The summed E-state index contributed by atoms with van der Waals surface area (Å²) in [6.07, 6.45) is 4.86. The molecule has 1 rings (SSSR count). The lowest BCUT2D eigenvalue weighted by atomic mass is 9.85. The van der Waals surface area contributed by atoms with Crippen LogP contribution in [0.2, 0.25) is 0 Å². The first-order chi connectivity index (χ1) is 9.58. The molecule has 1 heterocycles. The highest BCUT2D eigenvalue weighted by Crippen LogP contribution is 2.28. The van der Waals surface area contributed by atoms with E-state index in [2.05, 4.69) is 22.4 Å². The Balaban J connectivity index is 2.85. The first kappa shape index (κ1) is 18.0. The summed E-state index contributed by atoms with van der Waals surface area (Å²) in [6, 6.07) is 0. The molecule has 0 aliphatic carbocycles. The number of tetrazole rings is 1. The molecule has 0 N–H and O–H groups in total. The van der Waals surface area contributed by atoms with Crippen LogP contribution >= 0.6 is 0 Å². The Bertz CT molecular complexity index is 553. The van der Waals surface area contributed by atoms with Crippen molar-refractivity contribution in [2.24, 2.45) is 13.0 Å². The molecular formula is C13H27N5O2S. The molecule has 0 spiro atoms. The third-order valence-electron chi connectivity index (χ3n) is 4.01. The van der Waals surface area contributed by atoms with Crippen LogP contribution in [0.1, 0.15) is 45.9 Å². The first-order valence-electron chi connectivity index (χ1n) is 7.23. The van der Waals surface area contributed by atoms with Gasteiger partial charge in [0.1, 0.15) is 0 Å². The molecule has 0 radical (unpaired) electrons. The molecule has 0 amide bonds. The molecule has 1 aromatic rings. The van der Waals surface area contributed by atoms with Gasteiger partial charge in [0.15, 0.2) is 5.82 Å². The minimum Gasteiger partial charge on any atom is -0.233 e. The van der Waals surface area contributed by atoms with Crippen LogP contribution < -0.4 is 0 Å². The third kappa shape index (κ3) is 5.03. The van der Waals surface area contributed by atoms with E-state index in [4.69, 9.17) is 0 Å². The van der Waals surface area contributed by atoms with Crippen molar-refractivity contribution in [3.8, 4) is 0 Å².